The van der Waals surface area contributed by atoms with Crippen LogP contribution in [-0.4, -0.2) is 31.4 Å². The Morgan fingerprint density at radius 3 is 2.68 bits per heavy atom. The molecular formula is C24H22FNO4S. The number of amides is 1. The number of thiophene rings is 1. The van der Waals surface area contributed by atoms with Crippen LogP contribution in [0.15, 0.2) is 54.6 Å². The first-order valence-corrected chi connectivity index (χ1v) is 10.7. The number of rotatable bonds is 7. The van der Waals surface area contributed by atoms with Crippen LogP contribution in [-0.2, 0) is 16.0 Å². The number of methoxy groups -OCH3 is 1. The molecule has 1 aliphatic rings. The Hall–Kier alpha value is -3.03. The maximum absolute atomic E-state index is 14.2. The highest BCUT2D eigenvalue weighted by molar-refractivity contribution is 7.17. The van der Waals surface area contributed by atoms with Gasteiger partial charge in [0.2, 0.25) is 0 Å². The molecule has 0 fully saturated rings. The number of carbonyl (C=O) groups is 2. The summed E-state index contributed by atoms with van der Waals surface area (Å²) in [4.78, 5) is 25.6. The third-order valence-electron chi connectivity index (χ3n) is 5.16. The minimum absolute atomic E-state index is 0.0306. The topological polar surface area (TPSA) is 64.6 Å². The molecule has 2 atom stereocenters. The Morgan fingerprint density at radius 2 is 2.00 bits per heavy atom. The van der Waals surface area contributed by atoms with E-state index in [1.165, 1.54) is 37.5 Å². The highest BCUT2D eigenvalue weighted by atomic mass is 32.1. The Morgan fingerprint density at radius 1 is 1.23 bits per heavy atom. The quantitative estimate of drug-likeness (QED) is 0.548. The summed E-state index contributed by atoms with van der Waals surface area (Å²) in [6, 6.07) is 15.7. The van der Waals surface area contributed by atoms with Crippen molar-refractivity contribution >= 4 is 23.0 Å². The molecule has 0 saturated heterocycles. The molecule has 0 unspecified atom stereocenters. The maximum Gasteiger partial charge on any atom is 0.253 e. The SMILES string of the molecule is CO[C@@H](C(=O)NC[C@H]1Cc2cc(F)cc(-c3ccc(C(C)=O)s3)c2O1)c1ccccc1. The van der Waals surface area contributed by atoms with E-state index in [0.29, 0.717) is 22.6 Å². The lowest BCUT2D eigenvalue weighted by Gasteiger charge is -2.18. The van der Waals surface area contributed by atoms with Gasteiger partial charge in [0.25, 0.3) is 5.91 Å². The van der Waals surface area contributed by atoms with E-state index >= 15 is 0 Å². The van der Waals surface area contributed by atoms with Crippen LogP contribution in [0.2, 0.25) is 0 Å². The summed E-state index contributed by atoms with van der Waals surface area (Å²) in [5.74, 6) is -0.0479. The highest BCUT2D eigenvalue weighted by Gasteiger charge is 2.29. The van der Waals surface area contributed by atoms with Gasteiger partial charge in [-0.05, 0) is 36.8 Å². The Kier molecular flexibility index (Phi) is 6.15. The molecule has 1 N–H and O–H groups in total. The minimum atomic E-state index is -0.714. The fraction of sp³-hybridized carbons (Fsp3) is 0.250. The van der Waals surface area contributed by atoms with Gasteiger partial charge in [-0.1, -0.05) is 30.3 Å². The number of nitrogens with one attached hydrogen (secondary N) is 1. The molecule has 4 rings (SSSR count). The first-order valence-electron chi connectivity index (χ1n) is 9.92. The Labute approximate surface area is 183 Å². The van der Waals surface area contributed by atoms with Gasteiger partial charge in [-0.15, -0.1) is 11.3 Å². The largest absolute Gasteiger partial charge is 0.487 e. The zero-order chi connectivity index (χ0) is 22.0. The van der Waals surface area contributed by atoms with Crippen molar-refractivity contribution in [2.45, 2.75) is 25.6 Å². The lowest BCUT2D eigenvalue weighted by molar-refractivity contribution is -0.131. The summed E-state index contributed by atoms with van der Waals surface area (Å²) in [6.07, 6.45) is -0.553. The van der Waals surface area contributed by atoms with Crippen molar-refractivity contribution in [3.63, 3.8) is 0 Å². The maximum atomic E-state index is 14.2. The van der Waals surface area contributed by atoms with E-state index in [1.54, 1.807) is 12.1 Å². The van der Waals surface area contributed by atoms with Gasteiger partial charge in [-0.3, -0.25) is 9.59 Å². The molecule has 0 bridgehead atoms. The van der Waals surface area contributed by atoms with E-state index < -0.39 is 6.10 Å². The number of fused-ring (bicyclic) bond motifs is 1. The van der Waals surface area contributed by atoms with Gasteiger partial charge < -0.3 is 14.8 Å². The second-order valence-corrected chi connectivity index (χ2v) is 8.46. The zero-order valence-corrected chi connectivity index (χ0v) is 18.0. The number of hydrogen-bond acceptors (Lipinski definition) is 5. The number of halogens is 1. The van der Waals surface area contributed by atoms with Crippen molar-refractivity contribution in [3.05, 3.63) is 76.4 Å². The van der Waals surface area contributed by atoms with Crippen molar-refractivity contribution < 1.29 is 23.5 Å². The molecule has 2 heterocycles. The molecule has 31 heavy (non-hydrogen) atoms. The molecule has 7 heteroatoms. The average Bonchev–Trinajstić information content (AvgIpc) is 3.40. The van der Waals surface area contributed by atoms with Crippen LogP contribution in [0.4, 0.5) is 4.39 Å². The molecule has 2 aromatic carbocycles. The summed E-state index contributed by atoms with van der Waals surface area (Å²) in [7, 11) is 1.49. The van der Waals surface area contributed by atoms with Crippen LogP contribution in [0, 0.1) is 5.82 Å². The van der Waals surface area contributed by atoms with Gasteiger partial charge in [-0.2, -0.15) is 0 Å². The standard InChI is InChI=1S/C24H22FNO4S/c1-14(27)20-8-9-21(31-20)19-12-17(25)10-16-11-18(30-22(16)19)13-26-24(28)23(29-2)15-6-4-3-5-7-15/h3-10,12,18,23H,11,13H2,1-2H3,(H,26,28)/t18-,23-/m1/s1. The van der Waals surface area contributed by atoms with E-state index in [1.807, 2.05) is 30.3 Å². The van der Waals surface area contributed by atoms with Gasteiger partial charge in [-0.25, -0.2) is 4.39 Å². The van der Waals surface area contributed by atoms with Crippen molar-refractivity contribution in [3.8, 4) is 16.2 Å². The van der Waals surface area contributed by atoms with Crippen molar-refractivity contribution in [2.75, 3.05) is 13.7 Å². The van der Waals surface area contributed by atoms with Crippen LogP contribution < -0.4 is 10.1 Å². The van der Waals surface area contributed by atoms with Crippen molar-refractivity contribution in [1.82, 2.24) is 5.32 Å². The summed E-state index contributed by atoms with van der Waals surface area (Å²) in [5, 5.41) is 2.88. The average molecular weight is 440 g/mol. The van der Waals surface area contributed by atoms with Gasteiger partial charge >= 0.3 is 0 Å². The molecule has 1 aliphatic heterocycles. The van der Waals surface area contributed by atoms with E-state index in [0.717, 1.165) is 16.0 Å². The summed E-state index contributed by atoms with van der Waals surface area (Å²) in [5.41, 5.74) is 2.14. The highest BCUT2D eigenvalue weighted by Crippen LogP contribution is 2.42. The normalized spacial score (nSPS) is 15.8. The summed E-state index contributed by atoms with van der Waals surface area (Å²) in [6.45, 7) is 1.77. The van der Waals surface area contributed by atoms with Crippen LogP contribution in [0.3, 0.4) is 0 Å². The molecule has 0 aliphatic carbocycles. The number of benzene rings is 2. The Bertz CT molecular complexity index is 1110. The monoisotopic (exact) mass is 439 g/mol. The number of ketones is 1. The van der Waals surface area contributed by atoms with Gasteiger partial charge in [0.1, 0.15) is 17.7 Å². The second kappa shape index (κ2) is 8.99. The molecule has 160 valence electrons. The van der Waals surface area contributed by atoms with Crippen LogP contribution in [0.5, 0.6) is 5.75 Å². The fourth-order valence-electron chi connectivity index (χ4n) is 3.69. The molecule has 1 aromatic heterocycles. The molecule has 0 saturated carbocycles. The second-order valence-electron chi connectivity index (χ2n) is 7.38. The van der Waals surface area contributed by atoms with E-state index in [4.69, 9.17) is 9.47 Å². The minimum Gasteiger partial charge on any atom is -0.487 e. The predicted octanol–water partition coefficient (Wildman–Crippen LogP) is 4.56. The lowest BCUT2D eigenvalue weighted by Crippen LogP contribution is -2.37. The van der Waals surface area contributed by atoms with Crippen molar-refractivity contribution in [1.29, 1.82) is 0 Å². The summed E-state index contributed by atoms with van der Waals surface area (Å²) < 4.78 is 25.7. The molecular weight excluding hydrogens is 417 g/mol. The van der Waals surface area contributed by atoms with E-state index in [9.17, 15) is 14.0 Å². The van der Waals surface area contributed by atoms with E-state index in [2.05, 4.69) is 5.32 Å². The van der Waals surface area contributed by atoms with Gasteiger partial charge in [0, 0.05) is 29.5 Å². The first kappa shape index (κ1) is 21.2. The number of carbonyl (C=O) groups excluding carboxylic acids is 2. The molecule has 5 nitrogen and oxygen atoms in total. The van der Waals surface area contributed by atoms with Crippen LogP contribution >= 0.6 is 11.3 Å². The molecule has 3 aromatic rings. The first-order chi connectivity index (χ1) is 15.0. The third-order valence-corrected chi connectivity index (χ3v) is 6.38. The Balaban J connectivity index is 1.47. The number of Topliss-reactive ketones (excluding diaryl/α,β-unsaturated/α-hetero) is 1. The molecule has 1 amide bonds. The summed E-state index contributed by atoms with van der Waals surface area (Å²) >= 11 is 1.31. The van der Waals surface area contributed by atoms with Gasteiger partial charge in [0.15, 0.2) is 11.9 Å². The van der Waals surface area contributed by atoms with Crippen molar-refractivity contribution in [2.24, 2.45) is 0 Å². The smallest absolute Gasteiger partial charge is 0.253 e. The third kappa shape index (κ3) is 4.52. The van der Waals surface area contributed by atoms with Gasteiger partial charge in [0.05, 0.1) is 11.4 Å². The predicted molar refractivity (Wildman–Crippen MR) is 117 cm³/mol. The fourth-order valence-corrected chi connectivity index (χ4v) is 4.61. The van der Waals surface area contributed by atoms with Crippen LogP contribution in [0.1, 0.15) is 33.8 Å². The number of hydrogen-bond donors (Lipinski definition) is 1. The number of ether oxygens (including phenoxy) is 2. The lowest BCUT2D eigenvalue weighted by atomic mass is 10.0. The molecule has 0 spiro atoms. The van der Waals surface area contributed by atoms with E-state index in [-0.39, 0.29) is 30.2 Å². The zero-order valence-electron chi connectivity index (χ0n) is 17.2. The molecule has 0 radical (unpaired) electrons. The van der Waals surface area contributed by atoms with Crippen LogP contribution in [0.25, 0.3) is 10.4 Å².